The van der Waals surface area contributed by atoms with Crippen molar-refractivity contribution >= 4 is 5.91 Å². The number of rotatable bonds is 5. The minimum absolute atomic E-state index is 0.0690. The molecule has 1 saturated heterocycles. The molecule has 2 atom stereocenters. The molecule has 0 spiro atoms. The molecule has 2 rings (SSSR count). The quantitative estimate of drug-likeness (QED) is 0.844. The highest BCUT2D eigenvalue weighted by atomic mass is 16.5. The number of amides is 1. The lowest BCUT2D eigenvalue weighted by molar-refractivity contribution is -0.0589. The van der Waals surface area contributed by atoms with Gasteiger partial charge in [0.15, 0.2) is 0 Å². The van der Waals surface area contributed by atoms with Gasteiger partial charge in [0.2, 0.25) is 0 Å². The second kappa shape index (κ2) is 7.56. The number of hydrogen-bond donors (Lipinski definition) is 1. The van der Waals surface area contributed by atoms with E-state index < -0.39 is 0 Å². The summed E-state index contributed by atoms with van der Waals surface area (Å²) in [5, 5.41) is 6.85. The number of aromatic nitrogens is 1. The smallest absolute Gasteiger partial charge is 0.257 e. The van der Waals surface area contributed by atoms with E-state index in [2.05, 4.69) is 10.5 Å². The van der Waals surface area contributed by atoms with Crippen molar-refractivity contribution in [1.29, 1.82) is 0 Å². The Kier molecular flexibility index (Phi) is 5.74. The first-order valence-electron chi connectivity index (χ1n) is 7.55. The summed E-state index contributed by atoms with van der Waals surface area (Å²) >= 11 is 0. The van der Waals surface area contributed by atoms with Gasteiger partial charge in [-0.25, -0.2) is 0 Å². The van der Waals surface area contributed by atoms with E-state index in [1.165, 1.54) is 5.57 Å². The molecule has 1 aliphatic heterocycles. The Morgan fingerprint density at radius 3 is 2.86 bits per heavy atom. The maximum absolute atomic E-state index is 12.4. The molecule has 0 unspecified atom stereocenters. The minimum atomic E-state index is -0.168. The molecule has 6 heteroatoms. The molecule has 0 radical (unpaired) electrons. The summed E-state index contributed by atoms with van der Waals surface area (Å²) in [6, 6.07) is -0.0690. The molecule has 0 aromatic carbocycles. The van der Waals surface area contributed by atoms with Crippen molar-refractivity contribution in [1.82, 2.24) is 10.5 Å². The first-order chi connectivity index (χ1) is 10.5. The van der Waals surface area contributed by atoms with Gasteiger partial charge in [0, 0.05) is 6.61 Å². The molecular weight excluding hydrogens is 284 g/mol. The molecule has 1 fully saturated rings. The predicted octanol–water partition coefficient (Wildman–Crippen LogP) is 2.16. The van der Waals surface area contributed by atoms with E-state index in [-0.39, 0.29) is 18.1 Å². The Morgan fingerprint density at radius 1 is 1.45 bits per heavy atom. The molecule has 1 aromatic heterocycles. The van der Waals surface area contributed by atoms with Crippen LogP contribution in [0.1, 0.15) is 42.1 Å². The summed E-state index contributed by atoms with van der Waals surface area (Å²) in [6.45, 7) is 9.18. The van der Waals surface area contributed by atoms with Gasteiger partial charge in [-0.3, -0.25) is 4.79 Å². The van der Waals surface area contributed by atoms with E-state index in [0.29, 0.717) is 36.8 Å². The summed E-state index contributed by atoms with van der Waals surface area (Å²) in [5.41, 5.74) is 2.31. The molecule has 0 saturated carbocycles. The zero-order chi connectivity index (χ0) is 16.1. The van der Waals surface area contributed by atoms with Crippen LogP contribution >= 0.6 is 0 Å². The summed E-state index contributed by atoms with van der Waals surface area (Å²) < 4.78 is 16.3. The molecule has 2 heterocycles. The Bertz CT molecular complexity index is 527. The fraction of sp³-hybridized carbons (Fsp3) is 0.625. The normalized spacial score (nSPS) is 21.5. The molecule has 0 aliphatic carbocycles. The first kappa shape index (κ1) is 16.7. The zero-order valence-corrected chi connectivity index (χ0v) is 13.6. The predicted molar refractivity (Wildman–Crippen MR) is 81.8 cm³/mol. The first-order valence-corrected chi connectivity index (χ1v) is 7.55. The molecule has 1 aromatic rings. The lowest BCUT2D eigenvalue weighted by Gasteiger charge is -2.31. The van der Waals surface area contributed by atoms with Crippen LogP contribution in [0.25, 0.3) is 0 Å². The van der Waals surface area contributed by atoms with E-state index in [4.69, 9.17) is 14.0 Å². The van der Waals surface area contributed by atoms with Gasteiger partial charge < -0.3 is 19.3 Å². The highest BCUT2D eigenvalue weighted by Gasteiger charge is 2.29. The third-order valence-corrected chi connectivity index (χ3v) is 3.68. The Labute approximate surface area is 130 Å². The number of hydrogen-bond acceptors (Lipinski definition) is 5. The molecule has 0 bridgehead atoms. The third-order valence-electron chi connectivity index (χ3n) is 3.68. The Balaban J connectivity index is 1.99. The van der Waals surface area contributed by atoms with Gasteiger partial charge in [-0.15, -0.1) is 0 Å². The van der Waals surface area contributed by atoms with Gasteiger partial charge in [-0.1, -0.05) is 16.8 Å². The van der Waals surface area contributed by atoms with Crippen molar-refractivity contribution in [2.45, 2.75) is 46.3 Å². The van der Waals surface area contributed by atoms with Gasteiger partial charge in [0.1, 0.15) is 17.4 Å². The summed E-state index contributed by atoms with van der Waals surface area (Å²) in [5.74, 6) is 0.364. The number of nitrogens with zero attached hydrogens (tertiary/aromatic N) is 1. The molecule has 1 N–H and O–H groups in total. The third kappa shape index (κ3) is 4.18. The average Bonchev–Trinajstić information content (AvgIpc) is 2.79. The lowest BCUT2D eigenvalue weighted by Crippen LogP contribution is -2.50. The van der Waals surface area contributed by atoms with E-state index in [0.717, 1.165) is 6.42 Å². The monoisotopic (exact) mass is 308 g/mol. The topological polar surface area (TPSA) is 73.6 Å². The SMILES string of the molecule is CC(C)=CCO[C@@H]1COCC[C@H]1NC(=O)c1c(C)noc1C. The molecule has 122 valence electrons. The van der Waals surface area contributed by atoms with Crippen molar-refractivity contribution in [3.05, 3.63) is 28.7 Å². The van der Waals surface area contributed by atoms with E-state index in [1.807, 2.05) is 19.9 Å². The van der Waals surface area contributed by atoms with E-state index in [1.54, 1.807) is 13.8 Å². The van der Waals surface area contributed by atoms with Crippen LogP contribution in [0.2, 0.25) is 0 Å². The van der Waals surface area contributed by atoms with Crippen molar-refractivity contribution in [3.63, 3.8) is 0 Å². The largest absolute Gasteiger partial charge is 0.379 e. The molecule has 1 amide bonds. The van der Waals surface area contributed by atoms with Crippen LogP contribution in [0.4, 0.5) is 0 Å². The van der Waals surface area contributed by atoms with Crippen LogP contribution in [-0.2, 0) is 9.47 Å². The van der Waals surface area contributed by atoms with Crippen molar-refractivity contribution in [2.75, 3.05) is 19.8 Å². The fourth-order valence-corrected chi connectivity index (χ4v) is 2.43. The van der Waals surface area contributed by atoms with Crippen molar-refractivity contribution in [2.24, 2.45) is 0 Å². The number of allylic oxidation sites excluding steroid dienone is 1. The van der Waals surface area contributed by atoms with E-state index in [9.17, 15) is 4.79 Å². The van der Waals surface area contributed by atoms with Crippen LogP contribution in [0.5, 0.6) is 0 Å². The average molecular weight is 308 g/mol. The number of carbonyl (C=O) groups excluding carboxylic acids is 1. The zero-order valence-electron chi connectivity index (χ0n) is 13.6. The van der Waals surface area contributed by atoms with Gasteiger partial charge in [-0.2, -0.15) is 0 Å². The standard InChI is InChI=1S/C16H24N2O4/c1-10(2)5-8-21-14-9-20-7-6-13(14)17-16(19)15-11(3)18-22-12(15)4/h5,13-14H,6-9H2,1-4H3,(H,17,19)/t13-,14-/m1/s1. The van der Waals surface area contributed by atoms with Crippen LogP contribution in [-0.4, -0.2) is 43.0 Å². The van der Waals surface area contributed by atoms with Gasteiger partial charge >= 0.3 is 0 Å². The van der Waals surface area contributed by atoms with Gasteiger partial charge in [0.05, 0.1) is 24.9 Å². The van der Waals surface area contributed by atoms with Gasteiger partial charge in [0.25, 0.3) is 5.91 Å². The number of nitrogens with one attached hydrogen (secondary N) is 1. The maximum atomic E-state index is 12.4. The van der Waals surface area contributed by atoms with Crippen LogP contribution < -0.4 is 5.32 Å². The summed E-state index contributed by atoms with van der Waals surface area (Å²) in [6.07, 6.45) is 2.60. The Hall–Kier alpha value is -1.66. The molecule has 1 aliphatic rings. The van der Waals surface area contributed by atoms with E-state index >= 15 is 0 Å². The summed E-state index contributed by atoms with van der Waals surface area (Å²) in [4.78, 5) is 12.4. The van der Waals surface area contributed by atoms with Crippen LogP contribution in [0.15, 0.2) is 16.2 Å². The minimum Gasteiger partial charge on any atom is -0.379 e. The second-order valence-corrected chi connectivity index (χ2v) is 5.80. The molecule has 6 nitrogen and oxygen atoms in total. The van der Waals surface area contributed by atoms with Crippen molar-refractivity contribution in [3.8, 4) is 0 Å². The fourth-order valence-electron chi connectivity index (χ4n) is 2.43. The number of ether oxygens (including phenoxy) is 2. The van der Waals surface area contributed by atoms with Gasteiger partial charge in [-0.05, 0) is 34.1 Å². The lowest BCUT2D eigenvalue weighted by atomic mass is 10.0. The van der Waals surface area contributed by atoms with Crippen LogP contribution in [0.3, 0.4) is 0 Å². The molecular formula is C16H24N2O4. The Morgan fingerprint density at radius 2 is 2.23 bits per heavy atom. The maximum Gasteiger partial charge on any atom is 0.257 e. The second-order valence-electron chi connectivity index (χ2n) is 5.80. The number of aryl methyl sites for hydroxylation is 2. The highest BCUT2D eigenvalue weighted by molar-refractivity contribution is 5.96. The highest BCUT2D eigenvalue weighted by Crippen LogP contribution is 2.16. The van der Waals surface area contributed by atoms with Crippen molar-refractivity contribution < 1.29 is 18.8 Å². The summed E-state index contributed by atoms with van der Waals surface area (Å²) in [7, 11) is 0. The molecule has 22 heavy (non-hydrogen) atoms. The van der Waals surface area contributed by atoms with Crippen LogP contribution in [0, 0.1) is 13.8 Å². The number of carbonyl (C=O) groups is 1.